The number of carboxylic acid groups (broad SMARTS) is 1. The van der Waals surface area contributed by atoms with Crippen LogP contribution < -0.4 is 0 Å². The van der Waals surface area contributed by atoms with E-state index in [1.807, 2.05) is 36.9 Å². The van der Waals surface area contributed by atoms with Crippen LogP contribution in [0.1, 0.15) is 30.8 Å². The molecule has 0 bridgehead atoms. The van der Waals surface area contributed by atoms with E-state index in [4.69, 9.17) is 0 Å². The predicted molar refractivity (Wildman–Crippen MR) is 121 cm³/mol. The lowest BCUT2D eigenvalue weighted by Crippen LogP contribution is -2.45. The number of H-pyrrole nitrogens is 2. The predicted octanol–water partition coefficient (Wildman–Crippen LogP) is 3.86. The van der Waals surface area contributed by atoms with Crippen molar-refractivity contribution in [1.82, 2.24) is 25.1 Å². The summed E-state index contributed by atoms with van der Waals surface area (Å²) in [7, 11) is 0. The molecule has 0 fully saturated rings. The number of imidazole rings is 1. The molecule has 5 rings (SSSR count). The zero-order valence-corrected chi connectivity index (χ0v) is 18.3. The van der Waals surface area contributed by atoms with Gasteiger partial charge in [0.1, 0.15) is 11.7 Å². The minimum absolute atomic E-state index is 0.341. The van der Waals surface area contributed by atoms with E-state index >= 15 is 0 Å². The zero-order valence-electron chi connectivity index (χ0n) is 18.3. The highest BCUT2D eigenvalue weighted by Gasteiger charge is 2.33. The van der Waals surface area contributed by atoms with Gasteiger partial charge in [-0.2, -0.15) is 5.10 Å². The number of hydrogen-bond donors (Lipinski definition) is 4. The van der Waals surface area contributed by atoms with Crippen molar-refractivity contribution in [3.05, 3.63) is 53.1 Å². The lowest BCUT2D eigenvalue weighted by molar-refractivity contribution is -0.143. The average molecular weight is 449 g/mol. The van der Waals surface area contributed by atoms with Gasteiger partial charge >= 0.3 is 5.97 Å². The molecular weight excluding hydrogens is 425 g/mol. The molecule has 2 aromatic carbocycles. The molecule has 0 saturated heterocycles. The maximum absolute atomic E-state index is 14.0. The molecule has 2 aromatic heterocycles. The number of rotatable bonds is 5. The summed E-state index contributed by atoms with van der Waals surface area (Å²) in [5, 5.41) is 27.6. The quantitative estimate of drug-likeness (QED) is 0.368. The molecule has 170 valence electrons. The molecule has 0 unspecified atom stereocenters. The number of nitrogens with one attached hydrogen (secondary N) is 2. The Morgan fingerprint density at radius 2 is 2.09 bits per heavy atom. The first-order valence-electron chi connectivity index (χ1n) is 10.9. The number of aromatic hydroxyl groups is 1. The van der Waals surface area contributed by atoms with Crippen LogP contribution in [0.4, 0.5) is 4.39 Å². The van der Waals surface area contributed by atoms with Gasteiger partial charge in [0.05, 0.1) is 16.9 Å². The molecule has 0 amide bonds. The third-order valence-corrected chi connectivity index (χ3v) is 6.40. The highest BCUT2D eigenvalue weighted by atomic mass is 19.1. The van der Waals surface area contributed by atoms with Gasteiger partial charge in [-0.15, -0.1) is 0 Å². The fourth-order valence-corrected chi connectivity index (χ4v) is 4.59. The molecule has 0 radical (unpaired) electrons. The van der Waals surface area contributed by atoms with Crippen molar-refractivity contribution in [2.24, 2.45) is 0 Å². The van der Waals surface area contributed by atoms with Crippen LogP contribution in [0, 0.1) is 5.82 Å². The molecule has 0 aliphatic carbocycles. The number of aliphatic carboxylic acids is 1. The SMILES string of the molecule is CCc1cc(O)c(F)cc1-c1ccc2c(-c3nc4c([nH]3)CN(CC)[C@H](C(=O)O)C4)n[nH]c2c1. The number of fused-ring (bicyclic) bond motifs is 2. The van der Waals surface area contributed by atoms with Gasteiger partial charge in [-0.25, -0.2) is 9.37 Å². The number of carbonyl (C=O) groups is 1. The van der Waals surface area contributed by atoms with E-state index in [9.17, 15) is 19.4 Å². The van der Waals surface area contributed by atoms with E-state index in [1.165, 1.54) is 12.1 Å². The van der Waals surface area contributed by atoms with E-state index in [1.54, 1.807) is 0 Å². The lowest BCUT2D eigenvalue weighted by Gasteiger charge is -2.30. The van der Waals surface area contributed by atoms with Crippen LogP contribution in [-0.2, 0) is 24.2 Å². The van der Waals surface area contributed by atoms with Crippen molar-refractivity contribution in [2.75, 3.05) is 6.54 Å². The molecule has 1 aliphatic heterocycles. The summed E-state index contributed by atoms with van der Waals surface area (Å²) in [4.78, 5) is 21.5. The van der Waals surface area contributed by atoms with Gasteiger partial charge in [0.15, 0.2) is 17.4 Å². The zero-order chi connectivity index (χ0) is 23.3. The summed E-state index contributed by atoms with van der Waals surface area (Å²) in [5.41, 5.74) is 5.46. The van der Waals surface area contributed by atoms with Crippen LogP contribution in [0.2, 0.25) is 0 Å². The standard InChI is InChI=1S/C24H24FN5O3/c1-3-12-8-21(31)16(25)9-15(12)13-5-6-14-17(7-13)28-29-22(14)23-26-18-10-20(24(32)33)30(4-2)11-19(18)27-23/h5-9,20,31H,3-4,10-11H2,1-2H3,(H,26,27)(H,28,29)(H,32,33)/t20-/m0/s1. The Hall–Kier alpha value is -3.72. The number of nitrogens with zero attached hydrogens (tertiary/aromatic N) is 3. The number of likely N-dealkylation sites (N-methyl/N-ethyl adjacent to an activating group) is 1. The molecule has 0 spiro atoms. The van der Waals surface area contributed by atoms with Gasteiger partial charge in [0, 0.05) is 18.4 Å². The van der Waals surface area contributed by atoms with Crippen LogP contribution in [0.3, 0.4) is 0 Å². The van der Waals surface area contributed by atoms with Crippen LogP contribution in [0.25, 0.3) is 33.5 Å². The minimum atomic E-state index is -0.845. The van der Waals surface area contributed by atoms with Crippen molar-refractivity contribution in [1.29, 1.82) is 0 Å². The second-order valence-electron chi connectivity index (χ2n) is 8.28. The van der Waals surface area contributed by atoms with E-state index in [0.29, 0.717) is 37.4 Å². The van der Waals surface area contributed by atoms with Gasteiger partial charge in [-0.1, -0.05) is 19.9 Å². The maximum atomic E-state index is 14.0. The molecule has 33 heavy (non-hydrogen) atoms. The van der Waals surface area contributed by atoms with E-state index in [-0.39, 0.29) is 5.75 Å². The number of aromatic amines is 2. The Morgan fingerprint density at radius 1 is 1.27 bits per heavy atom. The third-order valence-electron chi connectivity index (χ3n) is 6.40. The Bertz CT molecular complexity index is 1380. The molecule has 1 atom stereocenters. The Kier molecular flexibility index (Phi) is 5.13. The van der Waals surface area contributed by atoms with Crippen molar-refractivity contribution in [3.63, 3.8) is 0 Å². The summed E-state index contributed by atoms with van der Waals surface area (Å²) >= 11 is 0. The van der Waals surface area contributed by atoms with Crippen LogP contribution in [-0.4, -0.2) is 53.8 Å². The summed E-state index contributed by atoms with van der Waals surface area (Å²) in [6, 6.07) is 7.94. The van der Waals surface area contributed by atoms with Crippen LogP contribution in [0.5, 0.6) is 5.75 Å². The van der Waals surface area contributed by atoms with Gasteiger partial charge in [-0.3, -0.25) is 14.8 Å². The van der Waals surface area contributed by atoms with Crippen molar-refractivity contribution >= 4 is 16.9 Å². The first-order valence-corrected chi connectivity index (χ1v) is 10.9. The highest BCUT2D eigenvalue weighted by Crippen LogP contribution is 2.34. The normalized spacial score (nSPS) is 16.3. The first kappa shape index (κ1) is 21.1. The van der Waals surface area contributed by atoms with Crippen molar-refractivity contribution in [2.45, 2.75) is 39.3 Å². The number of aryl methyl sites for hydroxylation is 1. The van der Waals surface area contributed by atoms with Crippen LogP contribution in [0.15, 0.2) is 30.3 Å². The summed E-state index contributed by atoms with van der Waals surface area (Å²) in [6.07, 6.45) is 0.993. The van der Waals surface area contributed by atoms with Crippen molar-refractivity contribution in [3.8, 4) is 28.4 Å². The summed E-state index contributed by atoms with van der Waals surface area (Å²) in [5.74, 6) is -1.27. The Balaban J connectivity index is 1.53. The number of halogens is 1. The van der Waals surface area contributed by atoms with Gasteiger partial charge in [0.25, 0.3) is 0 Å². The monoisotopic (exact) mass is 449 g/mol. The number of phenolic OH excluding ortho intramolecular Hbond substituents is 1. The van der Waals surface area contributed by atoms with E-state index < -0.39 is 17.8 Å². The minimum Gasteiger partial charge on any atom is -0.505 e. The number of benzene rings is 2. The Morgan fingerprint density at radius 3 is 2.82 bits per heavy atom. The molecular formula is C24H24FN5O3. The maximum Gasteiger partial charge on any atom is 0.321 e. The fraction of sp³-hybridized carbons (Fsp3) is 0.292. The third kappa shape index (κ3) is 3.54. The summed E-state index contributed by atoms with van der Waals surface area (Å²) in [6.45, 7) is 5.03. The molecule has 8 nitrogen and oxygen atoms in total. The van der Waals surface area contributed by atoms with Crippen molar-refractivity contribution < 1.29 is 19.4 Å². The molecule has 9 heteroatoms. The molecule has 4 N–H and O–H groups in total. The van der Waals surface area contributed by atoms with Gasteiger partial charge < -0.3 is 15.2 Å². The van der Waals surface area contributed by atoms with Crippen LogP contribution >= 0.6 is 0 Å². The van der Waals surface area contributed by atoms with Gasteiger partial charge in [-0.05, 0) is 53.9 Å². The fourth-order valence-electron chi connectivity index (χ4n) is 4.59. The number of hydrogen-bond acceptors (Lipinski definition) is 5. The smallest absolute Gasteiger partial charge is 0.321 e. The number of aromatic nitrogens is 4. The molecule has 0 saturated carbocycles. The average Bonchev–Trinajstić information content (AvgIpc) is 3.42. The first-order chi connectivity index (χ1) is 15.9. The van der Waals surface area contributed by atoms with Gasteiger partial charge in [0.2, 0.25) is 0 Å². The number of phenols is 1. The highest BCUT2D eigenvalue weighted by molar-refractivity contribution is 5.94. The largest absolute Gasteiger partial charge is 0.505 e. The van der Waals surface area contributed by atoms with E-state index in [2.05, 4.69) is 20.2 Å². The second kappa shape index (κ2) is 8.00. The molecule has 1 aliphatic rings. The topological polar surface area (TPSA) is 118 Å². The molecule has 4 aromatic rings. The number of carboxylic acids is 1. The Labute approximate surface area is 189 Å². The summed E-state index contributed by atoms with van der Waals surface area (Å²) < 4.78 is 14.0. The lowest BCUT2D eigenvalue weighted by atomic mass is 9.96. The molecule has 3 heterocycles. The second-order valence-corrected chi connectivity index (χ2v) is 8.28. The van der Waals surface area contributed by atoms with E-state index in [0.717, 1.165) is 39.0 Å².